The van der Waals surface area contributed by atoms with Gasteiger partial charge in [0.15, 0.2) is 0 Å². The van der Waals surface area contributed by atoms with Crippen LogP contribution in [0.3, 0.4) is 0 Å². The van der Waals surface area contributed by atoms with Gasteiger partial charge in [-0.1, -0.05) is 13.0 Å². The molecule has 0 aliphatic heterocycles. The highest BCUT2D eigenvalue weighted by atomic mass is 32.2. The van der Waals surface area contributed by atoms with E-state index in [1.165, 1.54) is 6.07 Å². The first-order chi connectivity index (χ1) is 9.51. The number of ether oxygens (including phenoxy) is 1. The van der Waals surface area contributed by atoms with Crippen LogP contribution in [0.15, 0.2) is 23.1 Å². The molecule has 0 unspecified atom stereocenters. The molecule has 0 atom stereocenters. The second-order valence-electron chi connectivity index (χ2n) is 4.67. The number of unbranched alkanes of at least 4 members (excludes halogenated alkanes) is 2. The van der Waals surface area contributed by atoms with Crippen molar-refractivity contribution >= 4 is 15.7 Å². The molecule has 20 heavy (non-hydrogen) atoms. The molecule has 1 aromatic carbocycles. The number of rotatable bonds is 9. The molecule has 0 aromatic heterocycles. The number of hydrogen-bond donors (Lipinski definition) is 2. The van der Waals surface area contributed by atoms with Gasteiger partial charge in [0.1, 0.15) is 0 Å². The van der Waals surface area contributed by atoms with Crippen LogP contribution in [0.25, 0.3) is 0 Å². The molecule has 0 saturated heterocycles. The van der Waals surface area contributed by atoms with E-state index in [1.54, 1.807) is 19.2 Å². The van der Waals surface area contributed by atoms with Crippen molar-refractivity contribution in [2.75, 3.05) is 26.0 Å². The first kappa shape index (κ1) is 16.9. The van der Waals surface area contributed by atoms with Crippen LogP contribution < -0.4 is 10.5 Å². The first-order valence-electron chi connectivity index (χ1n) is 6.88. The molecule has 1 rings (SSSR count). The second-order valence-corrected chi connectivity index (χ2v) is 6.43. The molecule has 0 fully saturated rings. The third-order valence-electron chi connectivity index (χ3n) is 3.13. The van der Waals surface area contributed by atoms with Crippen LogP contribution >= 0.6 is 0 Å². The van der Waals surface area contributed by atoms with Crippen LogP contribution in [0.5, 0.6) is 0 Å². The van der Waals surface area contributed by atoms with Crippen molar-refractivity contribution in [3.63, 3.8) is 0 Å². The predicted octanol–water partition coefficient (Wildman–Crippen LogP) is 1.93. The molecule has 0 spiro atoms. The van der Waals surface area contributed by atoms with E-state index in [4.69, 9.17) is 10.5 Å². The van der Waals surface area contributed by atoms with Crippen molar-refractivity contribution in [2.24, 2.45) is 0 Å². The van der Waals surface area contributed by atoms with Gasteiger partial charge in [-0.05, 0) is 43.4 Å². The number of nitrogens with one attached hydrogen (secondary N) is 1. The summed E-state index contributed by atoms with van der Waals surface area (Å²) in [6, 6.07) is 4.89. The summed E-state index contributed by atoms with van der Waals surface area (Å²) >= 11 is 0. The lowest BCUT2D eigenvalue weighted by Gasteiger charge is -2.09. The van der Waals surface area contributed by atoms with Crippen molar-refractivity contribution < 1.29 is 13.2 Å². The fourth-order valence-electron chi connectivity index (χ4n) is 1.90. The lowest BCUT2D eigenvalue weighted by molar-refractivity contribution is 0.192. The quantitative estimate of drug-likeness (QED) is 0.539. The molecule has 5 nitrogen and oxygen atoms in total. The van der Waals surface area contributed by atoms with E-state index in [1.807, 2.05) is 6.92 Å². The smallest absolute Gasteiger partial charge is 0.240 e. The Morgan fingerprint density at radius 2 is 2.00 bits per heavy atom. The van der Waals surface area contributed by atoms with Gasteiger partial charge in [0.25, 0.3) is 0 Å². The summed E-state index contributed by atoms with van der Waals surface area (Å²) in [6.45, 7) is 3.13. The predicted molar refractivity (Wildman–Crippen MR) is 81.1 cm³/mol. The van der Waals surface area contributed by atoms with Gasteiger partial charge in [0, 0.05) is 25.9 Å². The summed E-state index contributed by atoms with van der Waals surface area (Å²) in [5, 5.41) is 0. The summed E-state index contributed by atoms with van der Waals surface area (Å²) in [6.07, 6.45) is 3.47. The number of sulfonamides is 1. The zero-order valence-corrected chi connectivity index (χ0v) is 13.0. The van der Waals surface area contributed by atoms with Crippen molar-refractivity contribution in [3.05, 3.63) is 23.8 Å². The third kappa shape index (κ3) is 5.11. The maximum absolute atomic E-state index is 12.1. The third-order valence-corrected chi connectivity index (χ3v) is 4.58. The SMILES string of the molecule is CCc1ccc(S(=O)(=O)NCCCCCOC)cc1N. The molecule has 6 heteroatoms. The van der Waals surface area contributed by atoms with E-state index in [0.717, 1.165) is 31.2 Å². The largest absolute Gasteiger partial charge is 0.398 e. The molecular weight excluding hydrogens is 276 g/mol. The van der Waals surface area contributed by atoms with Gasteiger partial charge in [0.05, 0.1) is 4.90 Å². The molecule has 0 radical (unpaired) electrons. The van der Waals surface area contributed by atoms with Crippen LogP contribution in [0.2, 0.25) is 0 Å². The number of methoxy groups -OCH3 is 1. The van der Waals surface area contributed by atoms with Gasteiger partial charge in [-0.3, -0.25) is 0 Å². The lowest BCUT2D eigenvalue weighted by Crippen LogP contribution is -2.25. The van der Waals surface area contributed by atoms with Gasteiger partial charge >= 0.3 is 0 Å². The molecule has 0 bridgehead atoms. The van der Waals surface area contributed by atoms with Gasteiger partial charge < -0.3 is 10.5 Å². The summed E-state index contributed by atoms with van der Waals surface area (Å²) in [4.78, 5) is 0.226. The Morgan fingerprint density at radius 3 is 2.60 bits per heavy atom. The number of hydrogen-bond acceptors (Lipinski definition) is 4. The minimum atomic E-state index is -3.46. The Hall–Kier alpha value is -1.11. The van der Waals surface area contributed by atoms with Crippen molar-refractivity contribution in [3.8, 4) is 0 Å². The average molecular weight is 300 g/mol. The number of benzene rings is 1. The molecule has 0 heterocycles. The maximum atomic E-state index is 12.1. The zero-order valence-electron chi connectivity index (χ0n) is 12.2. The summed E-state index contributed by atoms with van der Waals surface area (Å²) in [5.74, 6) is 0. The minimum Gasteiger partial charge on any atom is -0.398 e. The van der Waals surface area contributed by atoms with E-state index in [2.05, 4.69) is 4.72 Å². The maximum Gasteiger partial charge on any atom is 0.240 e. The molecule has 0 aliphatic carbocycles. The fraction of sp³-hybridized carbons (Fsp3) is 0.571. The Morgan fingerprint density at radius 1 is 1.25 bits per heavy atom. The van der Waals surface area contributed by atoms with Crippen LogP contribution in [-0.2, 0) is 21.2 Å². The number of anilines is 1. The van der Waals surface area contributed by atoms with Crippen LogP contribution in [-0.4, -0.2) is 28.7 Å². The van der Waals surface area contributed by atoms with Gasteiger partial charge in [-0.2, -0.15) is 0 Å². The summed E-state index contributed by atoms with van der Waals surface area (Å²) < 4.78 is 31.7. The Kier molecular flexibility index (Phi) is 6.98. The molecule has 114 valence electrons. The highest BCUT2D eigenvalue weighted by Gasteiger charge is 2.14. The molecular formula is C14H24N2O3S. The number of aryl methyl sites for hydroxylation is 1. The molecule has 0 saturated carbocycles. The second kappa shape index (κ2) is 8.24. The van der Waals surface area contributed by atoms with Crippen LogP contribution in [0, 0.1) is 0 Å². The van der Waals surface area contributed by atoms with Crippen molar-refractivity contribution in [1.29, 1.82) is 0 Å². The Balaban J connectivity index is 2.54. The van der Waals surface area contributed by atoms with Gasteiger partial charge in [0.2, 0.25) is 10.0 Å². The first-order valence-corrected chi connectivity index (χ1v) is 8.36. The van der Waals surface area contributed by atoms with E-state index in [-0.39, 0.29) is 4.90 Å². The van der Waals surface area contributed by atoms with Crippen LogP contribution in [0.4, 0.5) is 5.69 Å². The van der Waals surface area contributed by atoms with Crippen molar-refractivity contribution in [2.45, 2.75) is 37.5 Å². The fourth-order valence-corrected chi connectivity index (χ4v) is 3.01. The summed E-state index contributed by atoms with van der Waals surface area (Å²) in [5.41, 5.74) is 7.32. The molecule has 0 aliphatic rings. The normalized spacial score (nSPS) is 11.7. The lowest BCUT2D eigenvalue weighted by atomic mass is 10.1. The average Bonchev–Trinajstić information content (AvgIpc) is 2.42. The number of nitrogens with two attached hydrogens (primary N) is 1. The molecule has 3 N–H and O–H groups in total. The highest BCUT2D eigenvalue weighted by molar-refractivity contribution is 7.89. The topological polar surface area (TPSA) is 81.4 Å². The van der Waals surface area contributed by atoms with E-state index >= 15 is 0 Å². The standard InChI is InChI=1S/C14H24N2O3S/c1-3-12-7-8-13(11-14(12)15)20(17,18)16-9-5-4-6-10-19-2/h7-8,11,16H,3-6,9-10,15H2,1-2H3. The van der Waals surface area contributed by atoms with Gasteiger partial charge in [-0.25, -0.2) is 13.1 Å². The molecule has 1 aromatic rings. The number of nitrogen functional groups attached to an aromatic ring is 1. The van der Waals surface area contributed by atoms with E-state index in [9.17, 15) is 8.42 Å². The van der Waals surface area contributed by atoms with Gasteiger partial charge in [-0.15, -0.1) is 0 Å². The minimum absolute atomic E-state index is 0.226. The Bertz CT molecular complexity index is 515. The highest BCUT2D eigenvalue weighted by Crippen LogP contribution is 2.18. The molecule has 0 amide bonds. The van der Waals surface area contributed by atoms with E-state index < -0.39 is 10.0 Å². The summed E-state index contributed by atoms with van der Waals surface area (Å²) in [7, 11) is -1.80. The van der Waals surface area contributed by atoms with Crippen molar-refractivity contribution in [1.82, 2.24) is 4.72 Å². The zero-order chi connectivity index (χ0) is 15.0. The van der Waals surface area contributed by atoms with Crippen LogP contribution in [0.1, 0.15) is 31.7 Å². The monoisotopic (exact) mass is 300 g/mol. The van der Waals surface area contributed by atoms with E-state index in [0.29, 0.717) is 18.8 Å². The Labute approximate surface area is 121 Å².